The molecule has 0 aliphatic heterocycles. The van der Waals surface area contributed by atoms with Crippen LogP contribution in [0, 0.1) is 5.92 Å². The number of halogens is 6. The van der Waals surface area contributed by atoms with Gasteiger partial charge in [0.1, 0.15) is 12.4 Å². The molecule has 0 spiro atoms. The summed E-state index contributed by atoms with van der Waals surface area (Å²) in [6.45, 7) is -0.522. The van der Waals surface area contributed by atoms with Crippen LogP contribution in [0.25, 0.3) is 0 Å². The van der Waals surface area contributed by atoms with Gasteiger partial charge < -0.3 is 25.4 Å². The molecular formula is C23H22F6N2O5S. The Balaban J connectivity index is 1.79. The highest BCUT2D eigenvalue weighted by molar-refractivity contribution is 7.91. The minimum Gasteiger partial charge on any atom is -0.611 e. The van der Waals surface area contributed by atoms with E-state index in [1.165, 1.54) is 12.1 Å². The average molecular weight is 552 g/mol. The predicted molar refractivity (Wildman–Crippen MR) is 120 cm³/mol. The largest absolute Gasteiger partial charge is 0.611 e. The summed E-state index contributed by atoms with van der Waals surface area (Å²) < 4.78 is 95.5. The van der Waals surface area contributed by atoms with Crippen molar-refractivity contribution in [2.24, 2.45) is 11.7 Å². The van der Waals surface area contributed by atoms with E-state index in [-0.39, 0.29) is 5.69 Å². The number of carbonyl (C=O) groups is 2. The van der Waals surface area contributed by atoms with Crippen LogP contribution in [0.3, 0.4) is 0 Å². The number of hydrogen-bond donors (Lipinski definition) is 3. The van der Waals surface area contributed by atoms with E-state index in [0.29, 0.717) is 34.3 Å². The Morgan fingerprint density at radius 3 is 2.03 bits per heavy atom. The number of anilines is 1. The molecule has 37 heavy (non-hydrogen) atoms. The Labute approximate surface area is 210 Å². The zero-order valence-electron chi connectivity index (χ0n) is 18.9. The van der Waals surface area contributed by atoms with Crippen molar-refractivity contribution < 1.29 is 50.3 Å². The van der Waals surface area contributed by atoms with Crippen LogP contribution in [0.4, 0.5) is 36.8 Å². The molecule has 202 valence electrons. The molecular weight excluding hydrogens is 530 g/mol. The Kier molecular flexibility index (Phi) is 8.34. The summed E-state index contributed by atoms with van der Waals surface area (Å²) in [5.74, 6) is -1.05. The van der Waals surface area contributed by atoms with E-state index in [1.54, 1.807) is 12.1 Å². The molecule has 2 atom stereocenters. The number of nitrogens with two attached hydrogens (primary N) is 1. The Morgan fingerprint density at radius 2 is 1.57 bits per heavy atom. The van der Waals surface area contributed by atoms with Crippen molar-refractivity contribution in [2.75, 3.05) is 17.7 Å². The summed E-state index contributed by atoms with van der Waals surface area (Å²) in [5, 5.41) is 11.8. The number of rotatable bonds is 9. The number of aliphatic hydroxyl groups is 1. The van der Waals surface area contributed by atoms with Gasteiger partial charge in [0.25, 0.3) is 5.60 Å². The van der Waals surface area contributed by atoms with Gasteiger partial charge in [-0.15, -0.1) is 0 Å². The lowest BCUT2D eigenvalue weighted by Crippen LogP contribution is -2.53. The summed E-state index contributed by atoms with van der Waals surface area (Å²) in [4.78, 5) is 24.5. The second-order valence-corrected chi connectivity index (χ2v) is 9.98. The van der Waals surface area contributed by atoms with Gasteiger partial charge in [-0.3, -0.25) is 4.79 Å². The van der Waals surface area contributed by atoms with Gasteiger partial charge in [0.05, 0.1) is 5.92 Å². The molecule has 3 rings (SSSR count). The first-order valence-corrected chi connectivity index (χ1v) is 12.1. The lowest BCUT2D eigenvalue weighted by Gasteiger charge is -2.32. The normalized spacial score (nSPS) is 16.1. The third-order valence-corrected chi connectivity index (χ3v) is 7.30. The van der Waals surface area contributed by atoms with Crippen molar-refractivity contribution in [3.63, 3.8) is 0 Å². The molecule has 0 radical (unpaired) electrons. The van der Waals surface area contributed by atoms with Gasteiger partial charge in [0.2, 0.25) is 5.91 Å². The number of amides is 2. The molecule has 7 nitrogen and oxygen atoms in total. The molecule has 4 N–H and O–H groups in total. The number of ether oxygens (including phenoxy) is 1. The fraction of sp³-hybridized carbons (Fsp3) is 0.391. The van der Waals surface area contributed by atoms with Crippen LogP contribution in [0.5, 0.6) is 0 Å². The van der Waals surface area contributed by atoms with Crippen molar-refractivity contribution in [3.05, 3.63) is 59.7 Å². The maximum absolute atomic E-state index is 13.1. The van der Waals surface area contributed by atoms with Crippen LogP contribution in [0.2, 0.25) is 0 Å². The van der Waals surface area contributed by atoms with Crippen molar-refractivity contribution in [2.45, 2.75) is 41.6 Å². The number of nitrogens with one attached hydrogen (secondary N) is 1. The minimum atomic E-state index is -6.05. The molecule has 0 aromatic heterocycles. The molecule has 1 aliphatic rings. The molecule has 2 amide bonds. The molecule has 0 heterocycles. The van der Waals surface area contributed by atoms with Crippen LogP contribution < -0.4 is 11.1 Å². The second kappa shape index (κ2) is 10.8. The molecule has 2 aromatic rings. The topological polar surface area (TPSA) is 125 Å². The molecule has 0 bridgehead atoms. The molecule has 14 heteroatoms. The van der Waals surface area contributed by atoms with Gasteiger partial charge in [-0.05, 0) is 53.8 Å². The summed E-state index contributed by atoms with van der Waals surface area (Å²) in [5.41, 5.74) is -1.49. The molecule has 2 aromatic carbocycles. The maximum Gasteiger partial charge on any atom is 0.430 e. The highest BCUT2D eigenvalue weighted by atomic mass is 32.2. The van der Waals surface area contributed by atoms with Crippen LogP contribution in [-0.2, 0) is 26.3 Å². The quantitative estimate of drug-likeness (QED) is 0.316. The lowest BCUT2D eigenvalue weighted by atomic mass is 9.92. The van der Waals surface area contributed by atoms with E-state index in [0.717, 1.165) is 25.0 Å². The van der Waals surface area contributed by atoms with E-state index in [2.05, 4.69) is 5.32 Å². The van der Waals surface area contributed by atoms with Crippen LogP contribution >= 0.6 is 0 Å². The average Bonchev–Trinajstić information content (AvgIpc) is 3.62. The van der Waals surface area contributed by atoms with Crippen LogP contribution in [0.15, 0.2) is 53.4 Å². The Hall–Kier alpha value is -2.97. The first-order chi connectivity index (χ1) is 17.1. The molecule has 0 saturated heterocycles. The maximum atomic E-state index is 13.1. The fourth-order valence-electron chi connectivity index (χ4n) is 3.45. The Morgan fingerprint density at radius 1 is 1.03 bits per heavy atom. The zero-order chi connectivity index (χ0) is 27.6. The monoisotopic (exact) mass is 552 g/mol. The number of hydrogen-bond acceptors (Lipinski definition) is 5. The van der Waals surface area contributed by atoms with Gasteiger partial charge in [0, 0.05) is 17.2 Å². The summed E-state index contributed by atoms with van der Waals surface area (Å²) >= 11 is -1.23. The first-order valence-electron chi connectivity index (χ1n) is 10.8. The smallest absolute Gasteiger partial charge is 0.430 e. The third-order valence-electron chi connectivity index (χ3n) is 5.73. The predicted octanol–water partition coefficient (Wildman–Crippen LogP) is 4.33. The minimum absolute atomic E-state index is 0.188. The van der Waals surface area contributed by atoms with Gasteiger partial charge in [-0.25, -0.2) is 4.79 Å². The van der Waals surface area contributed by atoms with Gasteiger partial charge in [-0.2, -0.15) is 26.3 Å². The van der Waals surface area contributed by atoms with Crippen molar-refractivity contribution in [1.82, 2.24) is 0 Å². The summed E-state index contributed by atoms with van der Waals surface area (Å²) in [6, 6.07) is 8.35. The van der Waals surface area contributed by atoms with Crippen molar-refractivity contribution in [1.29, 1.82) is 0 Å². The van der Waals surface area contributed by atoms with E-state index in [4.69, 9.17) is 10.5 Å². The Bertz CT molecular complexity index is 1090. The highest BCUT2D eigenvalue weighted by Gasteiger charge is 2.71. The van der Waals surface area contributed by atoms with E-state index in [9.17, 15) is 45.6 Å². The number of benzene rings is 2. The van der Waals surface area contributed by atoms with Crippen molar-refractivity contribution in [3.8, 4) is 0 Å². The third kappa shape index (κ3) is 6.67. The van der Waals surface area contributed by atoms with Crippen molar-refractivity contribution >= 4 is 28.9 Å². The molecule has 2 unspecified atom stereocenters. The fourth-order valence-corrected chi connectivity index (χ4v) is 4.84. The first kappa shape index (κ1) is 28.6. The zero-order valence-corrected chi connectivity index (χ0v) is 19.8. The van der Waals surface area contributed by atoms with E-state index in [1.807, 2.05) is 0 Å². The lowest BCUT2D eigenvalue weighted by molar-refractivity contribution is -0.376. The number of carbonyl (C=O) groups excluding carboxylic acids is 2. The highest BCUT2D eigenvalue weighted by Crippen LogP contribution is 2.50. The van der Waals surface area contributed by atoms with E-state index >= 15 is 0 Å². The molecule has 1 fully saturated rings. The molecule has 1 aliphatic carbocycles. The van der Waals surface area contributed by atoms with Gasteiger partial charge >= 0.3 is 18.4 Å². The standard InChI is InChI=1S/C23H22F6N2O5S/c24-22(25,26)21(34,23(27,28)29)15-5-7-16(8-6-15)31-19(32)18(11-36-20(30)33)14-3-9-17(10-4-14)37(35)12-13-1-2-13/h3-10,13,18,34H,1-2,11-12H2,(H2,30,33)(H,31,32). The summed E-state index contributed by atoms with van der Waals surface area (Å²) in [6.07, 6.45) is -11.3. The summed E-state index contributed by atoms with van der Waals surface area (Å²) in [7, 11) is 0. The van der Waals surface area contributed by atoms with Crippen LogP contribution in [0.1, 0.15) is 29.9 Å². The second-order valence-electron chi connectivity index (χ2n) is 8.48. The SMILES string of the molecule is NC(=O)OCC(C(=O)Nc1ccc(C(O)(C(F)(F)F)C(F)(F)F)cc1)c1ccc([S+]([O-])CC2CC2)cc1. The van der Waals surface area contributed by atoms with Crippen LogP contribution in [-0.4, -0.2) is 46.4 Å². The van der Waals surface area contributed by atoms with Gasteiger partial charge in [-0.1, -0.05) is 24.3 Å². The number of primary amides is 1. The van der Waals surface area contributed by atoms with E-state index < -0.39 is 59.2 Å². The molecule has 1 saturated carbocycles. The number of alkyl halides is 6. The van der Waals surface area contributed by atoms with Gasteiger partial charge in [0.15, 0.2) is 4.90 Å².